The number of benzene rings is 1. The maximum atomic E-state index is 6.31. The minimum absolute atomic E-state index is 0.474. The fourth-order valence-corrected chi connectivity index (χ4v) is 3.48. The summed E-state index contributed by atoms with van der Waals surface area (Å²) in [6.45, 7) is 4.08. The molecular formula is C15H12Cl2N2S. The van der Waals surface area contributed by atoms with Crippen molar-refractivity contribution in [2.75, 3.05) is 0 Å². The van der Waals surface area contributed by atoms with Crippen LogP contribution in [0.15, 0.2) is 23.6 Å². The van der Waals surface area contributed by atoms with E-state index in [1.165, 1.54) is 16.9 Å². The molecular weight excluding hydrogens is 311 g/mol. The zero-order chi connectivity index (χ0) is 14.3. The Hall–Kier alpha value is -1.16. The van der Waals surface area contributed by atoms with E-state index in [1.807, 2.05) is 24.4 Å². The first-order valence-corrected chi connectivity index (χ1v) is 7.94. The molecule has 0 saturated carbocycles. The standard InChI is InChI=1S/C15H12Cl2N2S/c1-3-9-4-5-11-10(6-9)14(17)19-15(18-11)13-12(16)8(2)7-20-13/h4-7H,3H2,1-2H3. The van der Waals surface area contributed by atoms with Crippen molar-refractivity contribution in [3.8, 4) is 10.7 Å². The predicted molar refractivity (Wildman–Crippen MR) is 87.0 cm³/mol. The highest BCUT2D eigenvalue weighted by Gasteiger charge is 2.14. The van der Waals surface area contributed by atoms with Gasteiger partial charge in [-0.25, -0.2) is 9.97 Å². The number of hydrogen-bond donors (Lipinski definition) is 0. The third kappa shape index (κ3) is 2.30. The normalized spacial score (nSPS) is 11.2. The molecule has 0 bridgehead atoms. The lowest BCUT2D eigenvalue weighted by Crippen LogP contribution is -1.92. The zero-order valence-electron chi connectivity index (χ0n) is 11.1. The summed E-state index contributed by atoms with van der Waals surface area (Å²) in [4.78, 5) is 9.86. The van der Waals surface area contributed by atoms with E-state index in [2.05, 4.69) is 23.0 Å². The van der Waals surface area contributed by atoms with Gasteiger partial charge in [-0.1, -0.05) is 36.2 Å². The molecule has 2 heterocycles. The average Bonchev–Trinajstić information content (AvgIpc) is 2.78. The molecule has 0 spiro atoms. The summed E-state index contributed by atoms with van der Waals surface area (Å²) in [5.74, 6) is 0.592. The summed E-state index contributed by atoms with van der Waals surface area (Å²) in [6, 6.07) is 6.10. The van der Waals surface area contributed by atoms with Gasteiger partial charge in [0.15, 0.2) is 5.82 Å². The summed E-state index contributed by atoms with van der Waals surface area (Å²) in [6.07, 6.45) is 0.962. The van der Waals surface area contributed by atoms with Crippen molar-refractivity contribution in [3.63, 3.8) is 0 Å². The average molecular weight is 323 g/mol. The summed E-state index contributed by atoms with van der Waals surface area (Å²) in [5.41, 5.74) is 3.10. The fourth-order valence-electron chi connectivity index (χ4n) is 2.04. The first kappa shape index (κ1) is 13.8. The minimum atomic E-state index is 0.474. The number of nitrogens with zero attached hydrogens (tertiary/aromatic N) is 2. The maximum absolute atomic E-state index is 6.31. The van der Waals surface area contributed by atoms with E-state index in [0.29, 0.717) is 16.0 Å². The lowest BCUT2D eigenvalue weighted by molar-refractivity contribution is 1.14. The number of fused-ring (bicyclic) bond motifs is 1. The van der Waals surface area contributed by atoms with Crippen LogP contribution in [0.25, 0.3) is 21.6 Å². The molecule has 0 aliphatic carbocycles. The molecule has 0 N–H and O–H groups in total. The molecule has 0 aliphatic heterocycles. The summed E-state index contributed by atoms with van der Waals surface area (Å²) in [5, 5.41) is 4.07. The van der Waals surface area contributed by atoms with Gasteiger partial charge in [-0.05, 0) is 42.0 Å². The largest absolute Gasteiger partial charge is 0.227 e. The van der Waals surface area contributed by atoms with E-state index in [4.69, 9.17) is 23.2 Å². The fraction of sp³-hybridized carbons (Fsp3) is 0.200. The van der Waals surface area contributed by atoms with Gasteiger partial charge < -0.3 is 0 Å². The Balaban J connectivity index is 2.22. The number of halogens is 2. The zero-order valence-corrected chi connectivity index (χ0v) is 13.4. The van der Waals surface area contributed by atoms with Crippen LogP contribution < -0.4 is 0 Å². The van der Waals surface area contributed by atoms with Gasteiger partial charge in [0.05, 0.1) is 15.4 Å². The molecule has 5 heteroatoms. The third-order valence-corrected chi connectivity index (χ3v) is 5.21. The first-order chi connectivity index (χ1) is 9.60. The second kappa shape index (κ2) is 5.32. The number of rotatable bonds is 2. The van der Waals surface area contributed by atoms with Gasteiger partial charge in [0.25, 0.3) is 0 Å². The van der Waals surface area contributed by atoms with Gasteiger partial charge in [-0.15, -0.1) is 11.3 Å². The highest BCUT2D eigenvalue weighted by Crippen LogP contribution is 2.36. The third-order valence-electron chi connectivity index (χ3n) is 3.22. The van der Waals surface area contributed by atoms with Crippen molar-refractivity contribution in [2.45, 2.75) is 20.3 Å². The molecule has 102 valence electrons. The van der Waals surface area contributed by atoms with Crippen LogP contribution in [-0.4, -0.2) is 9.97 Å². The topological polar surface area (TPSA) is 25.8 Å². The number of aryl methyl sites for hydroxylation is 2. The van der Waals surface area contributed by atoms with Crippen molar-refractivity contribution in [3.05, 3.63) is 44.9 Å². The maximum Gasteiger partial charge on any atom is 0.173 e. The van der Waals surface area contributed by atoms with Crippen molar-refractivity contribution in [1.29, 1.82) is 0 Å². The van der Waals surface area contributed by atoms with Gasteiger partial charge in [0.1, 0.15) is 5.15 Å². The summed E-state index contributed by atoms with van der Waals surface area (Å²) in [7, 11) is 0. The monoisotopic (exact) mass is 322 g/mol. The number of aromatic nitrogens is 2. The highest BCUT2D eigenvalue weighted by atomic mass is 35.5. The Labute approximate surface area is 131 Å². The van der Waals surface area contributed by atoms with E-state index in [9.17, 15) is 0 Å². The molecule has 3 aromatic rings. The molecule has 2 aromatic heterocycles. The van der Waals surface area contributed by atoms with Crippen LogP contribution in [0.1, 0.15) is 18.1 Å². The van der Waals surface area contributed by atoms with Crippen LogP contribution in [0, 0.1) is 6.92 Å². The Morgan fingerprint density at radius 3 is 2.65 bits per heavy atom. The lowest BCUT2D eigenvalue weighted by Gasteiger charge is -2.05. The minimum Gasteiger partial charge on any atom is -0.227 e. The smallest absolute Gasteiger partial charge is 0.173 e. The van der Waals surface area contributed by atoms with E-state index in [1.54, 1.807) is 0 Å². The molecule has 0 unspecified atom stereocenters. The van der Waals surface area contributed by atoms with Crippen molar-refractivity contribution in [1.82, 2.24) is 9.97 Å². The van der Waals surface area contributed by atoms with E-state index >= 15 is 0 Å². The van der Waals surface area contributed by atoms with Gasteiger partial charge in [0, 0.05) is 5.39 Å². The quantitative estimate of drug-likeness (QED) is 0.579. The Kier molecular flexibility index (Phi) is 3.67. The number of thiophene rings is 1. The molecule has 0 aliphatic rings. The Bertz CT molecular complexity index is 796. The molecule has 0 radical (unpaired) electrons. The molecule has 2 nitrogen and oxygen atoms in total. The molecule has 0 fully saturated rings. The summed E-state index contributed by atoms with van der Waals surface area (Å²) >= 11 is 14.1. The van der Waals surface area contributed by atoms with Gasteiger partial charge in [-0.2, -0.15) is 0 Å². The van der Waals surface area contributed by atoms with Gasteiger partial charge in [-0.3, -0.25) is 0 Å². The molecule has 0 amide bonds. The van der Waals surface area contributed by atoms with Crippen molar-refractivity contribution >= 4 is 45.4 Å². The van der Waals surface area contributed by atoms with Crippen LogP contribution in [0.5, 0.6) is 0 Å². The molecule has 3 rings (SSSR count). The lowest BCUT2D eigenvalue weighted by atomic mass is 10.1. The van der Waals surface area contributed by atoms with Crippen LogP contribution in [0.2, 0.25) is 10.2 Å². The predicted octanol–water partition coefficient (Wildman–Crippen LogP) is 5.54. The molecule has 0 saturated heterocycles. The van der Waals surface area contributed by atoms with Crippen LogP contribution in [0.4, 0.5) is 0 Å². The first-order valence-electron chi connectivity index (χ1n) is 6.30. The van der Waals surface area contributed by atoms with E-state index in [0.717, 1.165) is 27.8 Å². The van der Waals surface area contributed by atoms with Gasteiger partial charge >= 0.3 is 0 Å². The Morgan fingerprint density at radius 2 is 2.00 bits per heavy atom. The SMILES string of the molecule is CCc1ccc2nc(-c3scc(C)c3Cl)nc(Cl)c2c1. The van der Waals surface area contributed by atoms with Crippen LogP contribution >= 0.6 is 34.5 Å². The second-order valence-corrected chi connectivity index (χ2v) is 6.22. The van der Waals surface area contributed by atoms with E-state index < -0.39 is 0 Å². The second-order valence-electron chi connectivity index (χ2n) is 4.60. The molecule has 1 aromatic carbocycles. The molecule has 0 atom stereocenters. The highest BCUT2D eigenvalue weighted by molar-refractivity contribution is 7.14. The van der Waals surface area contributed by atoms with Crippen LogP contribution in [0.3, 0.4) is 0 Å². The number of hydrogen-bond acceptors (Lipinski definition) is 3. The van der Waals surface area contributed by atoms with Crippen molar-refractivity contribution in [2.24, 2.45) is 0 Å². The van der Waals surface area contributed by atoms with Crippen LogP contribution in [-0.2, 0) is 6.42 Å². The van der Waals surface area contributed by atoms with Gasteiger partial charge in [0.2, 0.25) is 0 Å². The summed E-state index contributed by atoms with van der Waals surface area (Å²) < 4.78 is 0. The van der Waals surface area contributed by atoms with E-state index in [-0.39, 0.29) is 0 Å². The Morgan fingerprint density at radius 1 is 1.20 bits per heavy atom. The van der Waals surface area contributed by atoms with Crippen molar-refractivity contribution < 1.29 is 0 Å². The molecule has 20 heavy (non-hydrogen) atoms.